The quantitative estimate of drug-likeness (QED) is 0.640. The van der Waals surface area contributed by atoms with Gasteiger partial charge in [0.1, 0.15) is 0 Å². The van der Waals surface area contributed by atoms with Gasteiger partial charge in [0, 0.05) is 19.1 Å². The monoisotopic (exact) mass is 212 g/mol. The average Bonchev–Trinajstić information content (AvgIpc) is 2.96. The minimum absolute atomic E-state index is 0.0433. The lowest BCUT2D eigenvalue weighted by atomic mass is 10.4. The molecule has 0 atom stereocenters. The van der Waals surface area contributed by atoms with Crippen LogP contribution in [-0.4, -0.2) is 41.1 Å². The number of rotatable bonds is 6. The Morgan fingerprint density at radius 3 is 2.67 bits per heavy atom. The van der Waals surface area contributed by atoms with Crippen LogP contribution in [0.3, 0.4) is 0 Å². The standard InChI is InChI=1S/C10H16N2O3/c1-2-7-12(8-3-4-8)10(15)11-6-5-9(13)14/h2,8H,1,3-7H2,(H,11,15)(H,13,14). The summed E-state index contributed by atoms with van der Waals surface area (Å²) in [5.41, 5.74) is 0. The maximum Gasteiger partial charge on any atom is 0.317 e. The van der Waals surface area contributed by atoms with E-state index < -0.39 is 5.97 Å². The Kier molecular flexibility index (Phi) is 4.15. The summed E-state index contributed by atoms with van der Waals surface area (Å²) in [6.07, 6.45) is 3.69. The lowest BCUT2D eigenvalue weighted by Gasteiger charge is -2.20. The summed E-state index contributed by atoms with van der Waals surface area (Å²) >= 11 is 0. The number of carboxylic acid groups (broad SMARTS) is 1. The third kappa shape index (κ3) is 4.01. The molecule has 0 aromatic heterocycles. The summed E-state index contributed by atoms with van der Waals surface area (Å²) in [5.74, 6) is -0.906. The van der Waals surface area contributed by atoms with Crippen LogP contribution in [0.25, 0.3) is 0 Å². The molecule has 0 bridgehead atoms. The molecule has 1 aliphatic carbocycles. The Hall–Kier alpha value is -1.52. The van der Waals surface area contributed by atoms with Crippen LogP contribution < -0.4 is 5.32 Å². The van der Waals surface area contributed by atoms with Gasteiger partial charge in [0.25, 0.3) is 0 Å². The van der Waals surface area contributed by atoms with Crippen molar-refractivity contribution in [1.29, 1.82) is 0 Å². The van der Waals surface area contributed by atoms with Crippen molar-refractivity contribution in [3.05, 3.63) is 12.7 Å². The summed E-state index contributed by atoms with van der Waals surface area (Å²) in [7, 11) is 0. The molecule has 1 rings (SSSR count). The number of nitrogens with one attached hydrogen (secondary N) is 1. The van der Waals surface area contributed by atoms with Crippen LogP contribution in [0.5, 0.6) is 0 Å². The van der Waals surface area contributed by atoms with E-state index in [0.29, 0.717) is 12.6 Å². The van der Waals surface area contributed by atoms with Gasteiger partial charge >= 0.3 is 12.0 Å². The van der Waals surface area contributed by atoms with E-state index >= 15 is 0 Å². The first-order valence-electron chi connectivity index (χ1n) is 5.02. The normalized spacial score (nSPS) is 14.4. The summed E-state index contributed by atoms with van der Waals surface area (Å²) in [4.78, 5) is 23.5. The topological polar surface area (TPSA) is 69.6 Å². The predicted molar refractivity (Wildman–Crippen MR) is 55.6 cm³/mol. The van der Waals surface area contributed by atoms with E-state index in [1.54, 1.807) is 11.0 Å². The average molecular weight is 212 g/mol. The third-order valence-electron chi connectivity index (χ3n) is 2.19. The third-order valence-corrected chi connectivity index (χ3v) is 2.19. The number of hydrogen-bond donors (Lipinski definition) is 2. The minimum atomic E-state index is -0.906. The van der Waals surface area contributed by atoms with Crippen molar-refractivity contribution in [3.8, 4) is 0 Å². The number of urea groups is 1. The van der Waals surface area contributed by atoms with E-state index in [-0.39, 0.29) is 19.0 Å². The molecule has 84 valence electrons. The molecule has 5 nitrogen and oxygen atoms in total. The van der Waals surface area contributed by atoms with Crippen molar-refractivity contribution in [1.82, 2.24) is 10.2 Å². The molecule has 2 amide bonds. The van der Waals surface area contributed by atoms with Gasteiger partial charge in [0.2, 0.25) is 0 Å². The molecule has 0 spiro atoms. The van der Waals surface area contributed by atoms with E-state index in [4.69, 9.17) is 5.11 Å². The highest BCUT2D eigenvalue weighted by Crippen LogP contribution is 2.26. The summed E-state index contributed by atoms with van der Waals surface area (Å²) < 4.78 is 0. The van der Waals surface area contributed by atoms with Crippen molar-refractivity contribution < 1.29 is 14.7 Å². The SMILES string of the molecule is C=CCN(C(=O)NCCC(=O)O)C1CC1. The van der Waals surface area contributed by atoms with Crippen LogP contribution in [0.4, 0.5) is 4.79 Å². The van der Waals surface area contributed by atoms with Gasteiger partial charge < -0.3 is 15.3 Å². The lowest BCUT2D eigenvalue weighted by molar-refractivity contribution is -0.136. The molecule has 15 heavy (non-hydrogen) atoms. The van der Waals surface area contributed by atoms with Crippen LogP contribution >= 0.6 is 0 Å². The van der Waals surface area contributed by atoms with E-state index in [1.807, 2.05) is 0 Å². The molecule has 0 aliphatic heterocycles. The smallest absolute Gasteiger partial charge is 0.317 e. The van der Waals surface area contributed by atoms with Crippen molar-refractivity contribution in [2.45, 2.75) is 25.3 Å². The molecule has 0 aromatic rings. The lowest BCUT2D eigenvalue weighted by Crippen LogP contribution is -2.42. The predicted octanol–water partition coefficient (Wildman–Crippen LogP) is 0.821. The zero-order valence-corrected chi connectivity index (χ0v) is 8.61. The second-order valence-electron chi connectivity index (χ2n) is 3.55. The molecule has 0 radical (unpaired) electrons. The molecular formula is C10H16N2O3. The van der Waals surface area contributed by atoms with E-state index in [0.717, 1.165) is 12.8 Å². The Bertz CT molecular complexity index is 261. The molecular weight excluding hydrogens is 196 g/mol. The van der Waals surface area contributed by atoms with Gasteiger partial charge in [0.05, 0.1) is 6.42 Å². The fourth-order valence-electron chi connectivity index (χ4n) is 1.30. The van der Waals surface area contributed by atoms with Gasteiger partial charge in [0.15, 0.2) is 0 Å². The van der Waals surface area contributed by atoms with Crippen LogP contribution in [0.2, 0.25) is 0 Å². The summed E-state index contributed by atoms with van der Waals surface area (Å²) in [5, 5.41) is 11.0. The van der Waals surface area contributed by atoms with Crippen LogP contribution in [-0.2, 0) is 4.79 Å². The summed E-state index contributed by atoms with van der Waals surface area (Å²) in [6, 6.07) is 0.117. The van der Waals surface area contributed by atoms with Crippen molar-refractivity contribution in [2.24, 2.45) is 0 Å². The van der Waals surface area contributed by atoms with Gasteiger partial charge in [-0.25, -0.2) is 4.79 Å². The molecule has 1 aliphatic rings. The number of carbonyl (C=O) groups is 2. The van der Waals surface area contributed by atoms with Crippen LogP contribution in [0.15, 0.2) is 12.7 Å². The van der Waals surface area contributed by atoms with Gasteiger partial charge in [-0.3, -0.25) is 4.79 Å². The Labute approximate surface area is 88.8 Å². The van der Waals surface area contributed by atoms with E-state index in [2.05, 4.69) is 11.9 Å². The van der Waals surface area contributed by atoms with Gasteiger partial charge in [-0.1, -0.05) is 6.08 Å². The minimum Gasteiger partial charge on any atom is -0.481 e. The largest absolute Gasteiger partial charge is 0.481 e. The van der Waals surface area contributed by atoms with Crippen molar-refractivity contribution in [2.75, 3.05) is 13.1 Å². The maximum atomic E-state index is 11.6. The molecule has 0 unspecified atom stereocenters. The number of carboxylic acids is 1. The second kappa shape index (κ2) is 5.38. The molecule has 2 N–H and O–H groups in total. The number of amides is 2. The number of carbonyl (C=O) groups excluding carboxylic acids is 1. The van der Waals surface area contributed by atoms with Crippen molar-refractivity contribution >= 4 is 12.0 Å². The van der Waals surface area contributed by atoms with Crippen LogP contribution in [0, 0.1) is 0 Å². The Morgan fingerprint density at radius 1 is 1.53 bits per heavy atom. The highest BCUT2D eigenvalue weighted by atomic mass is 16.4. The van der Waals surface area contributed by atoms with E-state index in [1.165, 1.54) is 0 Å². The van der Waals surface area contributed by atoms with Crippen molar-refractivity contribution in [3.63, 3.8) is 0 Å². The molecule has 1 fully saturated rings. The maximum absolute atomic E-state index is 11.6. The molecule has 0 aromatic carbocycles. The molecule has 5 heteroatoms. The second-order valence-corrected chi connectivity index (χ2v) is 3.55. The fraction of sp³-hybridized carbons (Fsp3) is 0.600. The Balaban J connectivity index is 2.28. The molecule has 1 saturated carbocycles. The number of nitrogens with zero attached hydrogens (tertiary/aromatic N) is 1. The number of hydrogen-bond acceptors (Lipinski definition) is 2. The van der Waals surface area contributed by atoms with Gasteiger partial charge in [-0.15, -0.1) is 6.58 Å². The molecule has 0 heterocycles. The highest BCUT2D eigenvalue weighted by Gasteiger charge is 2.31. The van der Waals surface area contributed by atoms with Gasteiger partial charge in [-0.05, 0) is 12.8 Å². The first-order chi connectivity index (χ1) is 7.15. The fourth-order valence-corrected chi connectivity index (χ4v) is 1.30. The summed E-state index contributed by atoms with van der Waals surface area (Å²) in [6.45, 7) is 4.28. The number of aliphatic carboxylic acids is 1. The Morgan fingerprint density at radius 2 is 2.20 bits per heavy atom. The van der Waals surface area contributed by atoms with Gasteiger partial charge in [-0.2, -0.15) is 0 Å². The zero-order valence-electron chi connectivity index (χ0n) is 8.61. The van der Waals surface area contributed by atoms with Crippen LogP contribution in [0.1, 0.15) is 19.3 Å². The van der Waals surface area contributed by atoms with E-state index in [9.17, 15) is 9.59 Å². The first kappa shape index (κ1) is 11.6. The molecule has 0 saturated heterocycles. The first-order valence-corrected chi connectivity index (χ1v) is 5.02. The zero-order chi connectivity index (χ0) is 11.3. The highest BCUT2D eigenvalue weighted by molar-refractivity contribution is 5.76.